The Morgan fingerprint density at radius 2 is 1.93 bits per heavy atom. The van der Waals surface area contributed by atoms with E-state index in [4.69, 9.17) is 0 Å². The molecule has 0 radical (unpaired) electrons. The zero-order valence-electron chi connectivity index (χ0n) is 8.91. The standard InChI is InChI=1S/C11H14N2O2/c1-7-5-10(12-9-3-4-9)11(13(14)15)6-8(7)2/h5-6,9,12H,3-4H2,1-2H3. The molecule has 4 nitrogen and oxygen atoms in total. The summed E-state index contributed by atoms with van der Waals surface area (Å²) in [5.41, 5.74) is 2.89. The molecule has 1 aromatic carbocycles. The summed E-state index contributed by atoms with van der Waals surface area (Å²) < 4.78 is 0. The fourth-order valence-corrected chi connectivity index (χ4v) is 1.52. The van der Waals surface area contributed by atoms with Gasteiger partial charge in [0.2, 0.25) is 0 Å². The van der Waals surface area contributed by atoms with Crippen LogP contribution in [0.1, 0.15) is 24.0 Å². The fourth-order valence-electron chi connectivity index (χ4n) is 1.52. The maximum absolute atomic E-state index is 10.9. The number of hydrogen-bond donors (Lipinski definition) is 1. The Balaban J connectivity index is 2.39. The lowest BCUT2D eigenvalue weighted by Crippen LogP contribution is -2.05. The van der Waals surface area contributed by atoms with Gasteiger partial charge in [-0.3, -0.25) is 10.1 Å². The molecule has 0 amide bonds. The zero-order valence-corrected chi connectivity index (χ0v) is 8.91. The van der Waals surface area contributed by atoms with E-state index in [-0.39, 0.29) is 10.6 Å². The van der Waals surface area contributed by atoms with E-state index in [0.717, 1.165) is 24.0 Å². The molecule has 0 saturated heterocycles. The molecule has 0 unspecified atom stereocenters. The molecule has 0 aliphatic heterocycles. The van der Waals surface area contributed by atoms with Crippen LogP contribution in [0.2, 0.25) is 0 Å². The van der Waals surface area contributed by atoms with E-state index >= 15 is 0 Å². The van der Waals surface area contributed by atoms with Gasteiger partial charge in [0, 0.05) is 12.1 Å². The number of hydrogen-bond acceptors (Lipinski definition) is 3. The lowest BCUT2D eigenvalue weighted by atomic mass is 10.1. The first kappa shape index (κ1) is 9.96. The number of benzene rings is 1. The molecule has 15 heavy (non-hydrogen) atoms. The van der Waals surface area contributed by atoms with Gasteiger partial charge in [-0.2, -0.15) is 0 Å². The van der Waals surface area contributed by atoms with Crippen molar-refractivity contribution in [2.75, 3.05) is 5.32 Å². The second kappa shape index (κ2) is 3.53. The molecule has 1 saturated carbocycles. The fraction of sp³-hybridized carbons (Fsp3) is 0.455. The van der Waals surface area contributed by atoms with Crippen molar-refractivity contribution in [3.63, 3.8) is 0 Å². The van der Waals surface area contributed by atoms with Crippen LogP contribution in [0.4, 0.5) is 11.4 Å². The van der Waals surface area contributed by atoms with Crippen molar-refractivity contribution in [2.24, 2.45) is 0 Å². The smallest absolute Gasteiger partial charge is 0.292 e. The highest BCUT2D eigenvalue weighted by Gasteiger charge is 2.25. The molecule has 1 aromatic rings. The van der Waals surface area contributed by atoms with Crippen LogP contribution in [0, 0.1) is 24.0 Å². The normalized spacial score (nSPS) is 15.1. The maximum atomic E-state index is 10.9. The minimum Gasteiger partial charge on any atom is -0.377 e. The van der Waals surface area contributed by atoms with Crippen LogP contribution in [0.25, 0.3) is 0 Å². The summed E-state index contributed by atoms with van der Waals surface area (Å²) >= 11 is 0. The molecular formula is C11H14N2O2. The summed E-state index contributed by atoms with van der Waals surface area (Å²) in [4.78, 5) is 10.5. The average Bonchev–Trinajstić information content (AvgIpc) is 2.94. The van der Waals surface area contributed by atoms with Gasteiger partial charge in [0.25, 0.3) is 5.69 Å². The van der Waals surface area contributed by atoms with Crippen molar-refractivity contribution in [1.29, 1.82) is 0 Å². The summed E-state index contributed by atoms with van der Waals surface area (Å²) in [6, 6.07) is 3.94. The Bertz CT molecular complexity index is 411. The van der Waals surface area contributed by atoms with Crippen molar-refractivity contribution in [2.45, 2.75) is 32.7 Å². The lowest BCUT2D eigenvalue weighted by Gasteiger charge is -2.08. The summed E-state index contributed by atoms with van der Waals surface area (Å²) in [7, 11) is 0. The predicted octanol–water partition coefficient (Wildman–Crippen LogP) is 2.79. The van der Waals surface area contributed by atoms with Gasteiger partial charge in [-0.1, -0.05) is 0 Å². The van der Waals surface area contributed by atoms with Gasteiger partial charge in [0.05, 0.1) is 4.92 Å². The van der Waals surface area contributed by atoms with E-state index in [1.807, 2.05) is 19.9 Å². The quantitative estimate of drug-likeness (QED) is 0.611. The average molecular weight is 206 g/mol. The van der Waals surface area contributed by atoms with Gasteiger partial charge in [0.1, 0.15) is 5.69 Å². The van der Waals surface area contributed by atoms with Crippen LogP contribution in [0.3, 0.4) is 0 Å². The summed E-state index contributed by atoms with van der Waals surface area (Å²) in [5.74, 6) is 0. The lowest BCUT2D eigenvalue weighted by molar-refractivity contribution is -0.384. The molecule has 1 aliphatic carbocycles. The van der Waals surface area contributed by atoms with E-state index in [0.29, 0.717) is 11.7 Å². The van der Waals surface area contributed by atoms with Crippen molar-refractivity contribution < 1.29 is 4.92 Å². The Morgan fingerprint density at radius 1 is 1.33 bits per heavy atom. The van der Waals surface area contributed by atoms with Crippen LogP contribution in [-0.4, -0.2) is 11.0 Å². The molecule has 1 aliphatic rings. The SMILES string of the molecule is Cc1cc(NC2CC2)c([N+](=O)[O-])cc1C. The Hall–Kier alpha value is -1.58. The van der Waals surface area contributed by atoms with E-state index in [2.05, 4.69) is 5.32 Å². The molecule has 80 valence electrons. The van der Waals surface area contributed by atoms with Crippen LogP contribution in [0.5, 0.6) is 0 Å². The zero-order chi connectivity index (χ0) is 11.0. The van der Waals surface area contributed by atoms with Crippen molar-refractivity contribution in [3.05, 3.63) is 33.4 Å². The van der Waals surface area contributed by atoms with Crippen molar-refractivity contribution >= 4 is 11.4 Å². The molecule has 0 spiro atoms. The topological polar surface area (TPSA) is 55.2 Å². The number of nitrogens with one attached hydrogen (secondary N) is 1. The first-order chi connectivity index (χ1) is 7.08. The molecule has 0 bridgehead atoms. The van der Waals surface area contributed by atoms with Gasteiger partial charge in [0.15, 0.2) is 0 Å². The van der Waals surface area contributed by atoms with Crippen molar-refractivity contribution in [1.82, 2.24) is 0 Å². The molecule has 1 N–H and O–H groups in total. The first-order valence-electron chi connectivity index (χ1n) is 5.10. The third-order valence-electron chi connectivity index (χ3n) is 2.75. The van der Waals surface area contributed by atoms with E-state index < -0.39 is 0 Å². The third kappa shape index (κ3) is 2.09. The molecule has 4 heteroatoms. The van der Waals surface area contributed by atoms with Gasteiger partial charge in [-0.05, 0) is 43.9 Å². The maximum Gasteiger partial charge on any atom is 0.292 e. The second-order valence-electron chi connectivity index (χ2n) is 4.13. The van der Waals surface area contributed by atoms with Gasteiger partial charge in [-0.15, -0.1) is 0 Å². The third-order valence-corrected chi connectivity index (χ3v) is 2.75. The van der Waals surface area contributed by atoms with Gasteiger partial charge in [-0.25, -0.2) is 0 Å². The van der Waals surface area contributed by atoms with Crippen LogP contribution in [-0.2, 0) is 0 Å². The Labute approximate surface area is 88.5 Å². The van der Waals surface area contributed by atoms with E-state index in [1.54, 1.807) is 6.07 Å². The number of rotatable bonds is 3. The summed E-state index contributed by atoms with van der Waals surface area (Å²) in [6.45, 7) is 3.86. The molecule has 0 aromatic heterocycles. The second-order valence-corrected chi connectivity index (χ2v) is 4.13. The van der Waals surface area contributed by atoms with E-state index in [1.165, 1.54) is 0 Å². The Morgan fingerprint density at radius 3 is 2.47 bits per heavy atom. The first-order valence-corrected chi connectivity index (χ1v) is 5.10. The monoisotopic (exact) mass is 206 g/mol. The van der Waals surface area contributed by atoms with Crippen LogP contribution >= 0.6 is 0 Å². The Kier molecular flexibility index (Phi) is 2.34. The highest BCUT2D eigenvalue weighted by molar-refractivity contribution is 5.65. The number of nitro groups is 1. The number of nitro benzene ring substituents is 1. The highest BCUT2D eigenvalue weighted by Crippen LogP contribution is 2.32. The largest absolute Gasteiger partial charge is 0.377 e. The van der Waals surface area contributed by atoms with Crippen LogP contribution < -0.4 is 5.32 Å². The van der Waals surface area contributed by atoms with E-state index in [9.17, 15) is 10.1 Å². The van der Waals surface area contributed by atoms with Gasteiger partial charge < -0.3 is 5.32 Å². The molecular weight excluding hydrogens is 192 g/mol. The highest BCUT2D eigenvalue weighted by atomic mass is 16.6. The molecule has 2 rings (SSSR count). The predicted molar refractivity (Wildman–Crippen MR) is 59.2 cm³/mol. The van der Waals surface area contributed by atoms with Crippen molar-refractivity contribution in [3.8, 4) is 0 Å². The number of anilines is 1. The summed E-state index contributed by atoms with van der Waals surface area (Å²) in [5, 5.41) is 14.0. The minimum atomic E-state index is -0.322. The molecule has 0 atom stereocenters. The minimum absolute atomic E-state index is 0.185. The molecule has 1 fully saturated rings. The van der Waals surface area contributed by atoms with Crippen LogP contribution in [0.15, 0.2) is 12.1 Å². The number of nitrogens with zero attached hydrogens (tertiary/aromatic N) is 1. The van der Waals surface area contributed by atoms with Gasteiger partial charge >= 0.3 is 0 Å². The number of aryl methyl sites for hydroxylation is 2. The summed E-state index contributed by atoms with van der Waals surface area (Å²) in [6.07, 6.45) is 2.23. The molecule has 0 heterocycles.